The maximum Gasteiger partial charge on any atom is 0.161 e. The molecule has 1 aromatic carbocycles. The van der Waals surface area contributed by atoms with E-state index in [1.165, 1.54) is 0 Å². The third-order valence-electron chi connectivity index (χ3n) is 2.37. The summed E-state index contributed by atoms with van der Waals surface area (Å²) in [4.78, 5) is 0. The van der Waals surface area contributed by atoms with Gasteiger partial charge in [-0.3, -0.25) is 0 Å². The summed E-state index contributed by atoms with van der Waals surface area (Å²) in [6, 6.07) is 7.59. The molecule has 0 amide bonds. The first-order chi connectivity index (χ1) is 7.90. The average Bonchev–Trinajstić information content (AvgIpc) is 2.83. The van der Waals surface area contributed by atoms with E-state index in [9.17, 15) is 0 Å². The lowest BCUT2D eigenvalue weighted by Crippen LogP contribution is -2.12. The first kappa shape index (κ1) is 11.2. The van der Waals surface area contributed by atoms with Crippen molar-refractivity contribution in [2.24, 2.45) is 0 Å². The van der Waals surface area contributed by atoms with Crippen LogP contribution in [0.15, 0.2) is 24.3 Å². The van der Waals surface area contributed by atoms with Gasteiger partial charge in [0.25, 0.3) is 0 Å². The standard InChI is InChI=1S/C12H16O4/c1-13-10-4-2-3-5-11(10)14-7-6-12-15-8-9-16-12/h2-5,12H,6-9H2,1H3. The molecule has 0 unspecified atom stereocenters. The number of rotatable bonds is 5. The lowest BCUT2D eigenvalue weighted by Gasteiger charge is -2.12. The fraction of sp³-hybridized carbons (Fsp3) is 0.500. The second-order valence-electron chi connectivity index (χ2n) is 3.46. The van der Waals surface area contributed by atoms with Crippen LogP contribution in [-0.4, -0.2) is 33.2 Å². The highest BCUT2D eigenvalue weighted by Crippen LogP contribution is 2.26. The summed E-state index contributed by atoms with van der Waals surface area (Å²) in [5.41, 5.74) is 0. The van der Waals surface area contributed by atoms with E-state index in [-0.39, 0.29) is 6.29 Å². The Hall–Kier alpha value is -1.26. The zero-order valence-corrected chi connectivity index (χ0v) is 9.35. The molecule has 1 heterocycles. The van der Waals surface area contributed by atoms with Crippen LogP contribution in [0, 0.1) is 0 Å². The van der Waals surface area contributed by atoms with E-state index in [1.54, 1.807) is 7.11 Å². The Bertz CT molecular complexity index is 321. The van der Waals surface area contributed by atoms with Crippen LogP contribution >= 0.6 is 0 Å². The molecule has 0 spiro atoms. The molecular weight excluding hydrogens is 208 g/mol. The van der Waals surface area contributed by atoms with E-state index in [2.05, 4.69) is 0 Å². The van der Waals surface area contributed by atoms with Crippen molar-refractivity contribution < 1.29 is 18.9 Å². The molecule has 88 valence electrons. The molecule has 0 N–H and O–H groups in total. The lowest BCUT2D eigenvalue weighted by molar-refractivity contribution is -0.0532. The highest BCUT2D eigenvalue weighted by atomic mass is 16.7. The van der Waals surface area contributed by atoms with Crippen LogP contribution in [0.1, 0.15) is 6.42 Å². The lowest BCUT2D eigenvalue weighted by atomic mass is 10.3. The summed E-state index contributed by atoms with van der Waals surface area (Å²) in [5, 5.41) is 0. The molecule has 4 nitrogen and oxygen atoms in total. The highest BCUT2D eigenvalue weighted by molar-refractivity contribution is 5.39. The van der Waals surface area contributed by atoms with E-state index in [1.807, 2.05) is 24.3 Å². The van der Waals surface area contributed by atoms with Crippen molar-refractivity contribution >= 4 is 0 Å². The number of methoxy groups -OCH3 is 1. The quantitative estimate of drug-likeness (QED) is 0.764. The zero-order chi connectivity index (χ0) is 11.2. The second-order valence-corrected chi connectivity index (χ2v) is 3.46. The SMILES string of the molecule is COc1ccccc1OCCC1OCCO1. The van der Waals surface area contributed by atoms with Gasteiger partial charge in [-0.25, -0.2) is 0 Å². The van der Waals surface area contributed by atoms with Crippen molar-refractivity contribution in [1.82, 2.24) is 0 Å². The van der Waals surface area contributed by atoms with Gasteiger partial charge in [-0.15, -0.1) is 0 Å². The van der Waals surface area contributed by atoms with Gasteiger partial charge in [-0.05, 0) is 12.1 Å². The Labute approximate surface area is 95.1 Å². The van der Waals surface area contributed by atoms with E-state index in [0.717, 1.165) is 17.9 Å². The Kier molecular flexibility index (Phi) is 4.02. The van der Waals surface area contributed by atoms with Crippen LogP contribution in [0.4, 0.5) is 0 Å². The molecule has 1 saturated heterocycles. The predicted molar refractivity (Wildman–Crippen MR) is 58.8 cm³/mol. The molecule has 0 aromatic heterocycles. The average molecular weight is 224 g/mol. The molecule has 1 aliphatic rings. The second kappa shape index (κ2) is 5.72. The van der Waals surface area contributed by atoms with Crippen LogP contribution in [0.3, 0.4) is 0 Å². The van der Waals surface area contributed by atoms with Crippen molar-refractivity contribution in [2.75, 3.05) is 26.9 Å². The van der Waals surface area contributed by atoms with E-state index < -0.39 is 0 Å². The van der Waals surface area contributed by atoms with Gasteiger partial charge in [0, 0.05) is 6.42 Å². The summed E-state index contributed by atoms with van der Waals surface area (Å²) < 4.78 is 21.4. The minimum Gasteiger partial charge on any atom is -0.493 e. The summed E-state index contributed by atoms with van der Waals surface area (Å²) >= 11 is 0. The molecule has 1 aromatic rings. The Balaban J connectivity index is 1.79. The summed E-state index contributed by atoms with van der Waals surface area (Å²) in [6.45, 7) is 1.92. The molecule has 0 radical (unpaired) electrons. The first-order valence-corrected chi connectivity index (χ1v) is 5.39. The smallest absolute Gasteiger partial charge is 0.161 e. The number of hydrogen-bond acceptors (Lipinski definition) is 4. The molecule has 0 aliphatic carbocycles. The van der Waals surface area contributed by atoms with E-state index in [0.29, 0.717) is 19.8 Å². The van der Waals surface area contributed by atoms with Gasteiger partial charge in [-0.2, -0.15) is 0 Å². The molecule has 0 bridgehead atoms. The zero-order valence-electron chi connectivity index (χ0n) is 9.35. The Morgan fingerprint density at radius 2 is 1.88 bits per heavy atom. The van der Waals surface area contributed by atoms with Gasteiger partial charge in [0.2, 0.25) is 0 Å². The largest absolute Gasteiger partial charge is 0.493 e. The van der Waals surface area contributed by atoms with Crippen LogP contribution in [-0.2, 0) is 9.47 Å². The third-order valence-corrected chi connectivity index (χ3v) is 2.37. The maximum atomic E-state index is 5.60. The molecule has 16 heavy (non-hydrogen) atoms. The van der Waals surface area contributed by atoms with E-state index >= 15 is 0 Å². The topological polar surface area (TPSA) is 36.9 Å². The van der Waals surface area contributed by atoms with Crippen LogP contribution in [0.5, 0.6) is 11.5 Å². The number of para-hydroxylation sites is 2. The number of ether oxygens (including phenoxy) is 4. The number of hydrogen-bond donors (Lipinski definition) is 0. The first-order valence-electron chi connectivity index (χ1n) is 5.39. The van der Waals surface area contributed by atoms with Crippen molar-refractivity contribution in [3.8, 4) is 11.5 Å². The summed E-state index contributed by atoms with van der Waals surface area (Å²) in [6.07, 6.45) is 0.618. The molecule has 4 heteroatoms. The van der Waals surface area contributed by atoms with Crippen molar-refractivity contribution in [3.63, 3.8) is 0 Å². The van der Waals surface area contributed by atoms with Gasteiger partial charge in [0.15, 0.2) is 17.8 Å². The third kappa shape index (κ3) is 2.87. The van der Waals surface area contributed by atoms with Crippen LogP contribution in [0.25, 0.3) is 0 Å². The molecule has 0 atom stereocenters. The van der Waals surface area contributed by atoms with Crippen LogP contribution < -0.4 is 9.47 Å². The molecule has 1 aliphatic heterocycles. The fourth-order valence-corrected chi connectivity index (χ4v) is 1.58. The predicted octanol–water partition coefficient (Wildman–Crippen LogP) is 1.84. The Morgan fingerprint density at radius 1 is 1.19 bits per heavy atom. The minimum atomic E-state index is -0.116. The van der Waals surface area contributed by atoms with Gasteiger partial charge < -0.3 is 18.9 Å². The van der Waals surface area contributed by atoms with E-state index in [4.69, 9.17) is 18.9 Å². The minimum absolute atomic E-state index is 0.116. The van der Waals surface area contributed by atoms with Gasteiger partial charge in [-0.1, -0.05) is 12.1 Å². The van der Waals surface area contributed by atoms with Gasteiger partial charge in [0.05, 0.1) is 26.9 Å². The summed E-state index contributed by atoms with van der Waals surface area (Å²) in [7, 11) is 1.63. The molecule has 0 saturated carbocycles. The van der Waals surface area contributed by atoms with Gasteiger partial charge >= 0.3 is 0 Å². The maximum absolute atomic E-state index is 5.60. The van der Waals surface area contributed by atoms with Crippen molar-refractivity contribution in [3.05, 3.63) is 24.3 Å². The van der Waals surface area contributed by atoms with Crippen molar-refractivity contribution in [2.45, 2.75) is 12.7 Å². The van der Waals surface area contributed by atoms with Crippen LogP contribution in [0.2, 0.25) is 0 Å². The summed E-state index contributed by atoms with van der Waals surface area (Å²) in [5.74, 6) is 1.50. The highest BCUT2D eigenvalue weighted by Gasteiger charge is 2.15. The molecular formula is C12H16O4. The Morgan fingerprint density at radius 3 is 2.56 bits per heavy atom. The normalized spacial score (nSPS) is 16.3. The molecule has 1 fully saturated rings. The fourth-order valence-electron chi connectivity index (χ4n) is 1.58. The van der Waals surface area contributed by atoms with Gasteiger partial charge in [0.1, 0.15) is 0 Å². The van der Waals surface area contributed by atoms with Crippen molar-refractivity contribution in [1.29, 1.82) is 0 Å². The molecule has 2 rings (SSSR count). The monoisotopic (exact) mass is 224 g/mol. The number of benzene rings is 1.